The van der Waals surface area contributed by atoms with E-state index in [1.54, 1.807) is 12.1 Å². The van der Waals surface area contributed by atoms with Crippen LogP contribution in [0.15, 0.2) is 30.3 Å². The highest BCUT2D eigenvalue weighted by atomic mass is 16.8. The molecule has 2 aromatic rings. The molecule has 0 aliphatic carbocycles. The second-order valence-corrected chi connectivity index (χ2v) is 19.7. The number of phenolic OH excluding ortho intramolecular Hbond substituents is 1. The first-order valence-corrected chi connectivity index (χ1v) is 25.7. The molecule has 2 amide bonds. The van der Waals surface area contributed by atoms with Crippen LogP contribution in [0.25, 0.3) is 10.9 Å². The minimum Gasteiger partial charge on any atom is -0.506 e. The molecule has 16 N–H and O–H groups in total. The summed E-state index contributed by atoms with van der Waals surface area (Å²) in [7, 11) is 1.30. The standard InChI is InChI=1S/C49H73N3O27/c1-21(57)50-32-25(59)16-49(48(69)70,78-41(32)34(62)26(60)17-53)79-43-36(64)28(19-55)74-47(39(43)67)76-40-29(20-56)75-45(72-15-8-6-4-3-5-7-12-30(61)71-2)33(42(40)77-46-38(66)37(65)35(63)27(18-54)73-46)52-44(68)23-14-13-22-10-9-11-24(58)31(22)51-23/h9-11,13-14,25-29,32-43,45-47,53-56,58-60,62-67H,3-8,12,15-20H2,1-2H3,(H,50,57)(H,52,68)(H,69,70)/t25?,26?,27?,28?,29?,32-,33?,34?,35-,36+,37?,38?,39?,40-,41?,42?,43?,45-,46+,47?,49+/m1/s1. The van der Waals surface area contributed by atoms with E-state index in [1.807, 2.05) is 0 Å². The molecule has 446 valence electrons. The number of aliphatic hydroxyl groups is 12. The van der Waals surface area contributed by atoms with Gasteiger partial charge in [-0.3, -0.25) is 14.4 Å². The molecule has 1 aromatic carbocycles. The fourth-order valence-corrected chi connectivity index (χ4v) is 9.80. The summed E-state index contributed by atoms with van der Waals surface area (Å²) in [4.78, 5) is 55.6. The summed E-state index contributed by atoms with van der Waals surface area (Å²) >= 11 is 0. The number of hydrogen-bond acceptors (Lipinski definition) is 27. The van der Waals surface area contributed by atoms with Gasteiger partial charge in [0.05, 0.1) is 45.7 Å². The topological polar surface area (TPSA) is 472 Å². The largest absolute Gasteiger partial charge is 0.506 e. The number of benzene rings is 1. The predicted octanol–water partition coefficient (Wildman–Crippen LogP) is -5.78. The lowest BCUT2D eigenvalue weighted by molar-refractivity contribution is -0.391. The highest BCUT2D eigenvalue weighted by Crippen LogP contribution is 2.39. The molecule has 4 aliphatic rings. The molecular weight excluding hydrogens is 1060 g/mol. The number of ether oxygens (including phenoxy) is 9. The Balaban J connectivity index is 1.37. The Morgan fingerprint density at radius 1 is 0.722 bits per heavy atom. The number of carbonyl (C=O) groups is 4. The van der Waals surface area contributed by atoms with Crippen molar-refractivity contribution >= 4 is 34.7 Å². The summed E-state index contributed by atoms with van der Waals surface area (Å²) in [5.41, 5.74) is -0.282. The molecule has 1 aromatic heterocycles. The number of aliphatic hydroxyl groups excluding tert-OH is 12. The number of nitrogens with zero attached hydrogens (tertiary/aromatic N) is 1. The van der Waals surface area contributed by atoms with Gasteiger partial charge in [-0.15, -0.1) is 0 Å². The number of aromatic nitrogens is 1. The van der Waals surface area contributed by atoms with Crippen molar-refractivity contribution in [2.75, 3.05) is 40.1 Å². The molecule has 4 aliphatic heterocycles. The van der Waals surface area contributed by atoms with Crippen molar-refractivity contribution in [2.45, 2.75) is 187 Å². The molecule has 21 atom stereocenters. The van der Waals surface area contributed by atoms with E-state index in [1.165, 1.54) is 25.3 Å². The number of para-hydroxylation sites is 1. The van der Waals surface area contributed by atoms with Gasteiger partial charge in [-0.25, -0.2) is 9.78 Å². The Hall–Kier alpha value is -4.49. The lowest BCUT2D eigenvalue weighted by Crippen LogP contribution is -2.71. The van der Waals surface area contributed by atoms with Crippen LogP contribution in [0.4, 0.5) is 0 Å². The summed E-state index contributed by atoms with van der Waals surface area (Å²) in [6.45, 7) is -3.25. The van der Waals surface area contributed by atoms with Gasteiger partial charge in [0.1, 0.15) is 108 Å². The molecule has 5 heterocycles. The van der Waals surface area contributed by atoms with E-state index in [4.69, 9.17) is 37.9 Å². The number of unbranched alkanes of at least 4 members (excludes halogenated alkanes) is 5. The quantitative estimate of drug-likeness (QED) is 0.0308. The van der Waals surface area contributed by atoms with Gasteiger partial charge >= 0.3 is 11.9 Å². The van der Waals surface area contributed by atoms with Crippen molar-refractivity contribution in [3.8, 4) is 5.75 Å². The number of aliphatic carboxylic acids is 1. The van der Waals surface area contributed by atoms with Gasteiger partial charge in [-0.1, -0.05) is 43.9 Å². The first-order valence-electron chi connectivity index (χ1n) is 25.7. The van der Waals surface area contributed by atoms with Crippen LogP contribution in [0, 0.1) is 0 Å². The van der Waals surface area contributed by atoms with Crippen LogP contribution < -0.4 is 10.6 Å². The number of nitrogens with one attached hydrogen (secondary N) is 2. The van der Waals surface area contributed by atoms with E-state index < -0.39 is 179 Å². The SMILES string of the molecule is COC(=O)CCCCCCCCO[C@@H]1OC(CO)[C@@H](OC2OC(CO)[C@H](O)C(O[C@]3(C(=O)O)CC(O)[C@@H](NC(C)=O)C(C(O)C(O)CO)O3)C2O)C(O[C@@H]2OC(CO)[C@@H](O)C(O)C2O)C1NC(=O)c1ccc2cccc(O)c2n1. The molecule has 30 heteroatoms. The van der Waals surface area contributed by atoms with Crippen LogP contribution in [-0.4, -0.2) is 269 Å². The van der Waals surface area contributed by atoms with Crippen molar-refractivity contribution in [1.29, 1.82) is 0 Å². The van der Waals surface area contributed by atoms with Gasteiger partial charge in [0.15, 0.2) is 18.9 Å². The van der Waals surface area contributed by atoms with Gasteiger partial charge in [0.2, 0.25) is 5.91 Å². The van der Waals surface area contributed by atoms with Crippen molar-refractivity contribution < 1.29 is 133 Å². The number of fused-ring (bicyclic) bond motifs is 1. The van der Waals surface area contributed by atoms with Gasteiger partial charge in [-0.2, -0.15) is 0 Å². The van der Waals surface area contributed by atoms with E-state index in [0.717, 1.165) is 19.8 Å². The maximum Gasteiger partial charge on any atom is 0.364 e. The third kappa shape index (κ3) is 15.2. The first-order chi connectivity index (χ1) is 37.6. The van der Waals surface area contributed by atoms with Crippen molar-refractivity contribution in [2.24, 2.45) is 0 Å². The van der Waals surface area contributed by atoms with Gasteiger partial charge in [-0.05, 0) is 25.0 Å². The zero-order valence-corrected chi connectivity index (χ0v) is 43.1. The van der Waals surface area contributed by atoms with Gasteiger partial charge in [0, 0.05) is 31.8 Å². The third-order valence-corrected chi connectivity index (χ3v) is 14.1. The molecule has 4 fully saturated rings. The average Bonchev–Trinajstić information content (AvgIpc) is 3.60. The summed E-state index contributed by atoms with van der Waals surface area (Å²) in [5.74, 6) is -7.67. The number of esters is 1. The normalized spacial score (nSPS) is 35.8. The van der Waals surface area contributed by atoms with E-state index >= 15 is 0 Å². The summed E-state index contributed by atoms with van der Waals surface area (Å²) in [6, 6.07) is 3.93. The minimum atomic E-state index is -3.20. The van der Waals surface area contributed by atoms with E-state index in [9.17, 15) is 90.7 Å². The van der Waals surface area contributed by atoms with Crippen LogP contribution in [0.3, 0.4) is 0 Å². The number of rotatable bonds is 26. The van der Waals surface area contributed by atoms with Crippen LogP contribution in [0.1, 0.15) is 68.8 Å². The maximum absolute atomic E-state index is 14.4. The number of phenols is 1. The Bertz CT molecular complexity index is 2300. The maximum atomic E-state index is 14.4. The smallest absolute Gasteiger partial charge is 0.364 e. The number of aromatic hydroxyl groups is 1. The van der Waals surface area contributed by atoms with E-state index in [0.29, 0.717) is 31.1 Å². The predicted molar refractivity (Wildman–Crippen MR) is 259 cm³/mol. The Kier molecular flexibility index (Phi) is 23.4. The minimum absolute atomic E-state index is 0.0180. The highest BCUT2D eigenvalue weighted by Gasteiger charge is 2.61. The van der Waals surface area contributed by atoms with Crippen LogP contribution in [0.2, 0.25) is 0 Å². The molecule has 6 rings (SSSR count). The van der Waals surface area contributed by atoms with Crippen LogP contribution in [0.5, 0.6) is 5.75 Å². The summed E-state index contributed by atoms with van der Waals surface area (Å²) in [5, 5.41) is 157. The Labute approximate surface area is 451 Å². The second-order valence-electron chi connectivity index (χ2n) is 19.7. The van der Waals surface area contributed by atoms with Gasteiger partial charge in [0.25, 0.3) is 11.7 Å². The number of carboxylic acid groups (broad SMARTS) is 1. The van der Waals surface area contributed by atoms with E-state index in [2.05, 4.69) is 20.4 Å². The fourth-order valence-electron chi connectivity index (χ4n) is 9.80. The number of carbonyl (C=O) groups excluding carboxylic acids is 3. The summed E-state index contributed by atoms with van der Waals surface area (Å²) < 4.78 is 52.8. The number of pyridine rings is 1. The first kappa shape index (κ1) is 63.7. The lowest BCUT2D eigenvalue weighted by Gasteiger charge is -2.51. The molecule has 4 saturated heterocycles. The fraction of sp³-hybridized carbons (Fsp3) is 0.735. The summed E-state index contributed by atoms with van der Waals surface area (Å²) in [6.07, 6.45) is -33.3. The average molecular weight is 1140 g/mol. The van der Waals surface area contributed by atoms with Crippen molar-refractivity contribution in [3.63, 3.8) is 0 Å². The monoisotopic (exact) mass is 1140 g/mol. The molecule has 0 spiro atoms. The highest BCUT2D eigenvalue weighted by molar-refractivity contribution is 5.96. The zero-order chi connectivity index (χ0) is 57.9. The Morgan fingerprint density at radius 2 is 1.34 bits per heavy atom. The van der Waals surface area contributed by atoms with Crippen molar-refractivity contribution in [1.82, 2.24) is 15.6 Å². The molecule has 0 bridgehead atoms. The Morgan fingerprint density at radius 3 is 1.97 bits per heavy atom. The molecular formula is C49H73N3O27. The molecule has 79 heavy (non-hydrogen) atoms. The molecule has 14 unspecified atom stereocenters. The molecule has 30 nitrogen and oxygen atoms in total. The van der Waals surface area contributed by atoms with Gasteiger partial charge < -0.3 is 125 Å². The lowest BCUT2D eigenvalue weighted by atomic mass is 9.88. The number of hydrogen-bond donors (Lipinski definition) is 16. The molecule has 0 saturated carbocycles. The van der Waals surface area contributed by atoms with E-state index in [-0.39, 0.29) is 36.0 Å². The second kappa shape index (κ2) is 29.0. The number of methoxy groups -OCH3 is 1. The molecule has 0 radical (unpaired) electrons. The zero-order valence-electron chi connectivity index (χ0n) is 43.1. The van der Waals surface area contributed by atoms with Crippen LogP contribution in [-0.2, 0) is 57.0 Å². The number of amides is 2. The van der Waals surface area contributed by atoms with Crippen LogP contribution >= 0.6 is 0 Å². The third-order valence-electron chi connectivity index (χ3n) is 14.1. The number of carboxylic acids is 1. The van der Waals surface area contributed by atoms with Crippen molar-refractivity contribution in [3.05, 3.63) is 36.0 Å².